The van der Waals surface area contributed by atoms with E-state index in [9.17, 15) is 19.7 Å². The molecule has 11 nitrogen and oxygen atoms in total. The SMILES string of the molecule is O=C1S/C(=C\c2cc([N+](=O)[O-])c(N3CCOCC3)cc2N2CCOCC2)C(=O)N1CCOc1ccccc1. The van der Waals surface area contributed by atoms with Crippen LogP contribution in [0, 0.1) is 10.1 Å². The fourth-order valence-electron chi connectivity index (χ4n) is 4.58. The van der Waals surface area contributed by atoms with Crippen molar-refractivity contribution in [3.63, 3.8) is 0 Å². The Balaban J connectivity index is 1.43. The van der Waals surface area contributed by atoms with Gasteiger partial charge >= 0.3 is 0 Å². The maximum atomic E-state index is 13.2. The largest absolute Gasteiger partial charge is 0.492 e. The number of thioether (sulfide) groups is 1. The summed E-state index contributed by atoms with van der Waals surface area (Å²) in [4.78, 5) is 42.9. The molecule has 3 saturated heterocycles. The van der Waals surface area contributed by atoms with Crippen LogP contribution >= 0.6 is 11.8 Å². The zero-order valence-corrected chi connectivity index (χ0v) is 21.6. The molecule has 3 aliphatic rings. The van der Waals surface area contributed by atoms with Gasteiger partial charge in [0, 0.05) is 43.5 Å². The second kappa shape index (κ2) is 11.8. The van der Waals surface area contributed by atoms with Crippen molar-refractivity contribution in [2.75, 3.05) is 75.6 Å². The first-order chi connectivity index (χ1) is 18.5. The van der Waals surface area contributed by atoms with Crippen LogP contribution in [0.5, 0.6) is 5.75 Å². The summed E-state index contributed by atoms with van der Waals surface area (Å²) < 4.78 is 16.6. The van der Waals surface area contributed by atoms with E-state index in [1.165, 1.54) is 6.07 Å². The minimum absolute atomic E-state index is 0.0503. The molecule has 0 spiro atoms. The van der Waals surface area contributed by atoms with Crippen LogP contribution in [0.3, 0.4) is 0 Å². The average Bonchev–Trinajstić information content (AvgIpc) is 3.21. The minimum Gasteiger partial charge on any atom is -0.492 e. The van der Waals surface area contributed by atoms with Crippen molar-refractivity contribution in [2.45, 2.75) is 0 Å². The Labute approximate surface area is 224 Å². The van der Waals surface area contributed by atoms with Gasteiger partial charge in [-0.3, -0.25) is 24.6 Å². The molecule has 0 saturated carbocycles. The zero-order chi connectivity index (χ0) is 26.5. The molecule has 3 heterocycles. The smallest absolute Gasteiger partial charge is 0.293 e. The lowest BCUT2D eigenvalue weighted by Gasteiger charge is -2.33. The number of para-hydroxylation sites is 1. The molecule has 0 aliphatic carbocycles. The molecule has 38 heavy (non-hydrogen) atoms. The van der Waals surface area contributed by atoms with Crippen LogP contribution in [0.1, 0.15) is 5.56 Å². The number of anilines is 2. The van der Waals surface area contributed by atoms with Gasteiger partial charge in [0.1, 0.15) is 18.0 Å². The predicted octanol–water partition coefficient (Wildman–Crippen LogP) is 3.38. The van der Waals surface area contributed by atoms with Crippen LogP contribution in [0.2, 0.25) is 0 Å². The summed E-state index contributed by atoms with van der Waals surface area (Å²) in [7, 11) is 0. The monoisotopic (exact) mass is 540 g/mol. The Kier molecular flexibility index (Phi) is 8.11. The van der Waals surface area contributed by atoms with Gasteiger partial charge in [0.25, 0.3) is 16.8 Å². The molecular formula is C26H28N4O7S. The number of hydrogen-bond acceptors (Lipinski definition) is 10. The van der Waals surface area contributed by atoms with E-state index in [0.717, 1.165) is 22.3 Å². The first-order valence-corrected chi connectivity index (χ1v) is 13.2. The number of nitro benzene ring substituents is 1. The lowest BCUT2D eigenvalue weighted by molar-refractivity contribution is -0.384. The summed E-state index contributed by atoms with van der Waals surface area (Å²) in [5.74, 6) is 0.210. The van der Waals surface area contributed by atoms with Crippen molar-refractivity contribution < 1.29 is 28.7 Å². The Morgan fingerprint density at radius 2 is 1.58 bits per heavy atom. The van der Waals surface area contributed by atoms with Gasteiger partial charge in [0.2, 0.25) is 0 Å². The third-order valence-electron chi connectivity index (χ3n) is 6.51. The number of benzene rings is 2. The minimum atomic E-state index is -0.440. The fourth-order valence-corrected chi connectivity index (χ4v) is 5.44. The number of rotatable bonds is 8. The third-order valence-corrected chi connectivity index (χ3v) is 7.42. The highest BCUT2D eigenvalue weighted by Crippen LogP contribution is 2.40. The molecule has 0 bridgehead atoms. The van der Waals surface area contributed by atoms with Crippen LogP contribution in [-0.2, 0) is 14.3 Å². The molecule has 0 radical (unpaired) electrons. The van der Waals surface area contributed by atoms with Crippen LogP contribution in [0.25, 0.3) is 6.08 Å². The van der Waals surface area contributed by atoms with E-state index >= 15 is 0 Å². The van der Waals surface area contributed by atoms with Crippen LogP contribution in [0.4, 0.5) is 21.9 Å². The van der Waals surface area contributed by atoms with E-state index in [0.29, 0.717) is 69.6 Å². The Bertz CT molecular complexity index is 1230. The van der Waals surface area contributed by atoms with Crippen LogP contribution in [-0.4, -0.2) is 86.7 Å². The summed E-state index contributed by atoms with van der Waals surface area (Å²) in [6, 6.07) is 12.5. The molecule has 12 heteroatoms. The van der Waals surface area contributed by atoms with Gasteiger partial charge in [-0.2, -0.15) is 0 Å². The van der Waals surface area contributed by atoms with E-state index in [4.69, 9.17) is 14.2 Å². The molecular weight excluding hydrogens is 512 g/mol. The highest BCUT2D eigenvalue weighted by Gasteiger charge is 2.36. The number of morpholine rings is 2. The van der Waals surface area contributed by atoms with Crippen molar-refractivity contribution in [2.24, 2.45) is 0 Å². The maximum Gasteiger partial charge on any atom is 0.293 e. The van der Waals surface area contributed by atoms with Crippen LogP contribution < -0.4 is 14.5 Å². The van der Waals surface area contributed by atoms with E-state index < -0.39 is 16.1 Å². The zero-order valence-electron chi connectivity index (χ0n) is 20.7. The normalized spacial score (nSPS) is 19.4. The fraction of sp³-hybridized carbons (Fsp3) is 0.385. The number of nitro groups is 1. The molecule has 3 aliphatic heterocycles. The van der Waals surface area contributed by atoms with Gasteiger partial charge in [-0.05, 0) is 36.0 Å². The second-order valence-electron chi connectivity index (χ2n) is 8.85. The van der Waals surface area contributed by atoms with Crippen LogP contribution in [0.15, 0.2) is 47.4 Å². The quantitative estimate of drug-likeness (QED) is 0.280. The average molecular weight is 541 g/mol. The molecule has 3 fully saturated rings. The molecule has 2 aromatic rings. The number of carbonyl (C=O) groups excluding carboxylic acids is 2. The van der Waals surface area contributed by atoms with E-state index in [2.05, 4.69) is 4.90 Å². The number of hydrogen-bond donors (Lipinski definition) is 0. The van der Waals surface area contributed by atoms with Crippen molar-refractivity contribution in [3.8, 4) is 5.75 Å². The summed E-state index contributed by atoms with van der Waals surface area (Å²) in [6.07, 6.45) is 1.59. The van der Waals surface area contributed by atoms with Gasteiger partial charge in [-0.25, -0.2) is 0 Å². The number of amides is 2. The summed E-state index contributed by atoms with van der Waals surface area (Å²) >= 11 is 0.828. The summed E-state index contributed by atoms with van der Waals surface area (Å²) in [5, 5.41) is 11.7. The highest BCUT2D eigenvalue weighted by molar-refractivity contribution is 8.18. The van der Waals surface area contributed by atoms with Crippen molar-refractivity contribution in [1.82, 2.24) is 4.90 Å². The Hall–Kier alpha value is -3.61. The summed E-state index contributed by atoms with van der Waals surface area (Å²) in [5.41, 5.74) is 1.75. The van der Waals surface area contributed by atoms with Crippen molar-refractivity contribution in [1.29, 1.82) is 0 Å². The number of imide groups is 1. The summed E-state index contributed by atoms with van der Waals surface area (Å²) in [6.45, 7) is 4.62. The molecule has 0 atom stereocenters. The third kappa shape index (κ3) is 5.77. The standard InChI is InChI=1S/C26H28N4O7S/c31-25-24(38-26(32)29(25)10-15-37-20-4-2-1-3-5-20)17-19-16-23(30(33)34)22(28-8-13-36-14-9-28)18-21(19)27-6-11-35-12-7-27/h1-5,16-18H,6-15H2/b24-17-. The molecule has 0 aromatic heterocycles. The highest BCUT2D eigenvalue weighted by atomic mass is 32.2. The maximum absolute atomic E-state index is 13.2. The molecule has 200 valence electrons. The van der Waals surface area contributed by atoms with Crippen molar-refractivity contribution in [3.05, 3.63) is 63.0 Å². The van der Waals surface area contributed by atoms with E-state index in [1.807, 2.05) is 29.2 Å². The lowest BCUT2D eigenvalue weighted by atomic mass is 10.1. The first-order valence-electron chi connectivity index (χ1n) is 12.4. The van der Waals surface area contributed by atoms with Gasteiger partial charge in [0.15, 0.2) is 0 Å². The molecule has 2 aromatic carbocycles. The van der Waals surface area contributed by atoms with Gasteiger partial charge in [-0.15, -0.1) is 0 Å². The molecule has 0 unspecified atom stereocenters. The molecule has 0 N–H and O–H groups in total. The Morgan fingerprint density at radius 3 is 2.21 bits per heavy atom. The second-order valence-corrected chi connectivity index (χ2v) is 9.84. The van der Waals surface area contributed by atoms with Gasteiger partial charge in [-0.1, -0.05) is 18.2 Å². The van der Waals surface area contributed by atoms with Crippen molar-refractivity contribution >= 4 is 46.0 Å². The molecule has 2 amide bonds. The number of nitrogens with zero attached hydrogens (tertiary/aromatic N) is 4. The number of carbonyl (C=O) groups is 2. The lowest BCUT2D eigenvalue weighted by Crippen LogP contribution is -2.38. The molecule has 5 rings (SSSR count). The Morgan fingerprint density at radius 1 is 0.947 bits per heavy atom. The predicted molar refractivity (Wildman–Crippen MR) is 144 cm³/mol. The number of ether oxygens (including phenoxy) is 3. The van der Waals surface area contributed by atoms with Gasteiger partial charge in [0.05, 0.1) is 42.8 Å². The van der Waals surface area contributed by atoms with E-state index in [1.54, 1.807) is 18.2 Å². The first kappa shape index (κ1) is 26.0. The van der Waals surface area contributed by atoms with E-state index in [-0.39, 0.29) is 23.7 Å². The topological polar surface area (TPSA) is 115 Å². The van der Waals surface area contributed by atoms with Gasteiger partial charge < -0.3 is 24.0 Å².